The van der Waals surface area contributed by atoms with Crippen LogP contribution >= 0.6 is 0 Å². The predicted octanol–water partition coefficient (Wildman–Crippen LogP) is 1.40. The van der Waals surface area contributed by atoms with Crippen LogP contribution in [0.3, 0.4) is 0 Å². The average Bonchev–Trinajstić information content (AvgIpc) is 3.00. The fourth-order valence-electron chi connectivity index (χ4n) is 3.07. The maximum absolute atomic E-state index is 4.79. The fraction of sp³-hybridized carbons (Fsp3) is 0.353. The zero-order valence-electron chi connectivity index (χ0n) is 13.0. The lowest BCUT2D eigenvalue weighted by molar-refractivity contribution is 0.233. The van der Waals surface area contributed by atoms with Crippen molar-refractivity contribution >= 4 is 11.2 Å². The van der Waals surface area contributed by atoms with E-state index in [0.717, 1.165) is 61.8 Å². The molecule has 0 aromatic carbocycles. The van der Waals surface area contributed by atoms with Crippen LogP contribution in [0.25, 0.3) is 22.6 Å². The quantitative estimate of drug-likeness (QED) is 0.789. The standard InChI is InChI=1S/C17H20N6/c1-2-15-17(20-5-1)23(13-12-22-10-8-19-9-11-22)16(21-15)14-3-6-18-7-4-14/h1-7,19H,8-13H2. The summed E-state index contributed by atoms with van der Waals surface area (Å²) >= 11 is 0. The van der Waals surface area contributed by atoms with E-state index in [4.69, 9.17) is 4.98 Å². The van der Waals surface area contributed by atoms with E-state index >= 15 is 0 Å². The van der Waals surface area contributed by atoms with Gasteiger partial charge in [0.05, 0.1) is 0 Å². The van der Waals surface area contributed by atoms with E-state index in [1.807, 2.05) is 42.9 Å². The summed E-state index contributed by atoms with van der Waals surface area (Å²) in [5, 5.41) is 3.39. The minimum absolute atomic E-state index is 0.894. The number of fused-ring (bicyclic) bond motifs is 1. The Kier molecular flexibility index (Phi) is 4.00. The van der Waals surface area contributed by atoms with E-state index in [1.165, 1.54) is 0 Å². The molecule has 3 aromatic heterocycles. The molecule has 0 bridgehead atoms. The molecule has 0 amide bonds. The van der Waals surface area contributed by atoms with E-state index in [9.17, 15) is 0 Å². The van der Waals surface area contributed by atoms with Crippen molar-refractivity contribution in [3.05, 3.63) is 42.9 Å². The van der Waals surface area contributed by atoms with Crippen LogP contribution in [0.1, 0.15) is 0 Å². The summed E-state index contributed by atoms with van der Waals surface area (Å²) in [5.74, 6) is 0.969. The number of hydrogen-bond donors (Lipinski definition) is 1. The molecule has 3 aromatic rings. The summed E-state index contributed by atoms with van der Waals surface area (Å²) in [6.45, 7) is 6.25. The Morgan fingerprint density at radius 3 is 2.65 bits per heavy atom. The Morgan fingerprint density at radius 2 is 1.83 bits per heavy atom. The lowest BCUT2D eigenvalue weighted by atomic mass is 10.2. The lowest BCUT2D eigenvalue weighted by Crippen LogP contribution is -2.44. The molecule has 1 aliphatic rings. The maximum atomic E-state index is 4.79. The molecule has 0 spiro atoms. The topological polar surface area (TPSA) is 58.9 Å². The Labute approximate surface area is 135 Å². The SMILES string of the molecule is c1cnc2c(c1)nc(-c1ccncc1)n2CCN1CCNCC1. The van der Waals surface area contributed by atoms with Gasteiger partial charge in [-0.25, -0.2) is 9.97 Å². The number of hydrogen-bond acceptors (Lipinski definition) is 5. The smallest absolute Gasteiger partial charge is 0.160 e. The number of nitrogens with zero attached hydrogens (tertiary/aromatic N) is 5. The highest BCUT2D eigenvalue weighted by Gasteiger charge is 2.15. The zero-order valence-corrected chi connectivity index (χ0v) is 13.0. The second kappa shape index (κ2) is 6.44. The highest BCUT2D eigenvalue weighted by atomic mass is 15.2. The molecule has 6 heteroatoms. The van der Waals surface area contributed by atoms with Gasteiger partial charge >= 0.3 is 0 Å². The summed E-state index contributed by atoms with van der Waals surface area (Å²) in [6.07, 6.45) is 5.45. The van der Waals surface area contributed by atoms with Crippen molar-refractivity contribution in [2.75, 3.05) is 32.7 Å². The molecule has 1 saturated heterocycles. The molecule has 0 aliphatic carbocycles. The van der Waals surface area contributed by atoms with Gasteiger partial charge in [0.15, 0.2) is 5.65 Å². The number of aromatic nitrogens is 4. The van der Waals surface area contributed by atoms with E-state index in [0.29, 0.717) is 0 Å². The Balaban J connectivity index is 1.68. The van der Waals surface area contributed by atoms with Crippen LogP contribution in [-0.4, -0.2) is 57.1 Å². The molecule has 0 radical (unpaired) electrons. The predicted molar refractivity (Wildman–Crippen MR) is 90.1 cm³/mol. The van der Waals surface area contributed by atoms with Gasteiger partial charge in [0.1, 0.15) is 11.3 Å². The average molecular weight is 308 g/mol. The van der Waals surface area contributed by atoms with Crippen LogP contribution in [0.15, 0.2) is 42.9 Å². The first-order valence-corrected chi connectivity index (χ1v) is 8.06. The van der Waals surface area contributed by atoms with Gasteiger partial charge < -0.3 is 9.88 Å². The number of piperazine rings is 1. The van der Waals surface area contributed by atoms with Crippen molar-refractivity contribution in [1.82, 2.24) is 29.7 Å². The van der Waals surface area contributed by atoms with Gasteiger partial charge in [0.25, 0.3) is 0 Å². The first kappa shape index (κ1) is 14.3. The number of rotatable bonds is 4. The Bertz CT molecular complexity index is 776. The third kappa shape index (κ3) is 2.95. The summed E-state index contributed by atoms with van der Waals surface area (Å²) in [6, 6.07) is 7.96. The van der Waals surface area contributed by atoms with E-state index in [1.54, 1.807) is 0 Å². The van der Waals surface area contributed by atoms with Crippen LogP contribution < -0.4 is 5.32 Å². The number of pyridine rings is 2. The molecular formula is C17H20N6. The second-order valence-electron chi connectivity index (χ2n) is 5.76. The molecule has 1 fully saturated rings. The summed E-state index contributed by atoms with van der Waals surface area (Å²) < 4.78 is 2.23. The van der Waals surface area contributed by atoms with Crippen molar-refractivity contribution < 1.29 is 0 Å². The molecular weight excluding hydrogens is 288 g/mol. The number of nitrogens with one attached hydrogen (secondary N) is 1. The van der Waals surface area contributed by atoms with Crippen LogP contribution in [0.2, 0.25) is 0 Å². The van der Waals surface area contributed by atoms with Gasteiger partial charge in [-0.2, -0.15) is 0 Å². The van der Waals surface area contributed by atoms with Gasteiger partial charge in [-0.1, -0.05) is 0 Å². The first-order valence-electron chi connectivity index (χ1n) is 8.06. The summed E-state index contributed by atoms with van der Waals surface area (Å²) in [4.78, 5) is 15.9. The monoisotopic (exact) mass is 308 g/mol. The third-order valence-electron chi connectivity index (χ3n) is 4.29. The minimum atomic E-state index is 0.894. The summed E-state index contributed by atoms with van der Waals surface area (Å²) in [7, 11) is 0. The van der Waals surface area contributed by atoms with Crippen LogP contribution in [0.4, 0.5) is 0 Å². The van der Waals surface area contributed by atoms with Crippen molar-refractivity contribution in [3.8, 4) is 11.4 Å². The van der Waals surface area contributed by atoms with Crippen molar-refractivity contribution in [1.29, 1.82) is 0 Å². The maximum Gasteiger partial charge on any atom is 0.160 e. The minimum Gasteiger partial charge on any atom is -0.314 e. The van der Waals surface area contributed by atoms with Gasteiger partial charge in [0.2, 0.25) is 0 Å². The third-order valence-corrected chi connectivity index (χ3v) is 4.29. The highest BCUT2D eigenvalue weighted by molar-refractivity contribution is 5.76. The van der Waals surface area contributed by atoms with E-state index in [-0.39, 0.29) is 0 Å². The molecule has 23 heavy (non-hydrogen) atoms. The molecule has 4 heterocycles. The van der Waals surface area contributed by atoms with Crippen molar-refractivity contribution in [2.45, 2.75) is 6.54 Å². The van der Waals surface area contributed by atoms with E-state index < -0.39 is 0 Å². The molecule has 1 N–H and O–H groups in total. The van der Waals surface area contributed by atoms with Crippen molar-refractivity contribution in [2.24, 2.45) is 0 Å². The second-order valence-corrected chi connectivity index (χ2v) is 5.76. The van der Waals surface area contributed by atoms with Crippen LogP contribution in [0.5, 0.6) is 0 Å². The van der Waals surface area contributed by atoms with Gasteiger partial charge in [0, 0.05) is 63.4 Å². The Morgan fingerprint density at radius 1 is 1.00 bits per heavy atom. The molecule has 1 aliphatic heterocycles. The molecule has 0 unspecified atom stereocenters. The lowest BCUT2D eigenvalue weighted by Gasteiger charge is -2.27. The van der Waals surface area contributed by atoms with Gasteiger partial charge in [-0.3, -0.25) is 9.88 Å². The molecule has 0 atom stereocenters. The number of imidazole rings is 1. The molecule has 4 rings (SSSR count). The zero-order chi connectivity index (χ0) is 15.5. The molecule has 118 valence electrons. The van der Waals surface area contributed by atoms with Crippen LogP contribution in [0, 0.1) is 0 Å². The van der Waals surface area contributed by atoms with Crippen LogP contribution in [-0.2, 0) is 6.54 Å². The molecule has 6 nitrogen and oxygen atoms in total. The van der Waals surface area contributed by atoms with E-state index in [2.05, 4.69) is 24.8 Å². The summed E-state index contributed by atoms with van der Waals surface area (Å²) in [5.41, 5.74) is 2.98. The van der Waals surface area contributed by atoms with Crippen molar-refractivity contribution in [3.63, 3.8) is 0 Å². The normalized spacial score (nSPS) is 16.0. The van der Waals surface area contributed by atoms with Gasteiger partial charge in [-0.05, 0) is 24.3 Å². The largest absolute Gasteiger partial charge is 0.314 e. The molecule has 0 saturated carbocycles. The fourth-order valence-corrected chi connectivity index (χ4v) is 3.07. The van der Waals surface area contributed by atoms with Gasteiger partial charge in [-0.15, -0.1) is 0 Å². The first-order chi connectivity index (χ1) is 11.4. The Hall–Kier alpha value is -2.31. The highest BCUT2D eigenvalue weighted by Crippen LogP contribution is 2.23.